The number of rotatable bonds is 73. The van der Waals surface area contributed by atoms with E-state index in [0.717, 1.165) is 64.5 Å². The highest BCUT2D eigenvalue weighted by atomic mass is 16.5. The number of ether oxygens (including phenoxy) is 2. The first-order valence-corrected chi connectivity index (χ1v) is 40.2. The first-order chi connectivity index (χ1) is 45.4. The van der Waals surface area contributed by atoms with Crippen LogP contribution < -0.4 is 0 Å². The Kier molecular flexibility index (Phi) is 74.1. The number of likely N-dealkylation sites (N-methyl/N-ethyl adjacent to an activating group) is 1. The molecule has 0 rings (SSSR count). The normalized spacial score (nSPS) is 12.6. The molecule has 534 valence electrons. The van der Waals surface area contributed by atoms with Gasteiger partial charge in [0.05, 0.1) is 26.1 Å². The summed E-state index contributed by atoms with van der Waals surface area (Å²) in [5.74, 6) is 0.661. The summed E-state index contributed by atoms with van der Waals surface area (Å²) in [4.78, 5) is 31.4. The van der Waals surface area contributed by atoms with Crippen LogP contribution >= 0.6 is 0 Å². The topological polar surface area (TPSA) is 59.1 Å². The quantitative estimate of drug-likeness (QED) is 0.0344. The third-order valence-electron chi connectivity index (χ3n) is 18.3. The minimum absolute atomic E-state index is 0.0995. The van der Waals surface area contributed by atoms with Crippen LogP contribution in [0.15, 0.2) is 97.2 Å². The molecule has 0 atom stereocenters. The van der Waals surface area contributed by atoms with Gasteiger partial charge in [-0.3, -0.25) is 9.59 Å². The standard InChI is InChI=1S/C86H156N2O4/c1-7-11-15-19-23-27-31-35-39-43-47-51-55-59-63-67-71-83(72-68-64-60-56-52-48-44-40-36-32-28-24-20-16-12-8-2)81-91-85(89)75-77-88(80-79-87(5)6)78-76-86(90)92-82-84(73-69-65-61-57-53-49-45-41-37-33-29-25-21-17-13-9-3)74-70-66-62-58-54-50-46-42-38-34-30-26-22-18-14-10-4/h23-30,35-42,83-84H,7-22,31-34,43-82H2,1-6H3/b27-23-,28-24-,29-25-,30-26-,39-35-,40-36-,41-37-,42-38-. The van der Waals surface area contributed by atoms with E-state index in [-0.39, 0.29) is 11.9 Å². The Bertz CT molecular complexity index is 1540. The van der Waals surface area contributed by atoms with Gasteiger partial charge in [0.1, 0.15) is 0 Å². The molecule has 0 aliphatic heterocycles. The first-order valence-electron chi connectivity index (χ1n) is 40.2. The van der Waals surface area contributed by atoms with Crippen molar-refractivity contribution in [3.63, 3.8) is 0 Å². The highest BCUT2D eigenvalue weighted by molar-refractivity contribution is 5.70. The zero-order valence-corrected chi connectivity index (χ0v) is 62.3. The third-order valence-corrected chi connectivity index (χ3v) is 18.3. The highest BCUT2D eigenvalue weighted by Gasteiger charge is 2.17. The number of nitrogens with zero attached hydrogens (tertiary/aromatic N) is 2. The van der Waals surface area contributed by atoms with E-state index in [1.807, 2.05) is 0 Å². The van der Waals surface area contributed by atoms with Gasteiger partial charge in [0.25, 0.3) is 0 Å². The maximum atomic E-state index is 13.5. The molecule has 6 heteroatoms. The maximum Gasteiger partial charge on any atom is 0.307 e. The van der Waals surface area contributed by atoms with Crippen molar-refractivity contribution in [3.8, 4) is 0 Å². The van der Waals surface area contributed by atoms with Crippen molar-refractivity contribution >= 4 is 11.9 Å². The van der Waals surface area contributed by atoms with Gasteiger partial charge in [-0.25, -0.2) is 0 Å². The number of unbranched alkanes of at least 4 members (excludes halogenated alkanes) is 36. The Morgan fingerprint density at radius 2 is 0.489 bits per heavy atom. The second kappa shape index (κ2) is 76.8. The number of hydrogen-bond donors (Lipinski definition) is 0. The van der Waals surface area contributed by atoms with Crippen LogP contribution in [0.1, 0.15) is 374 Å². The maximum absolute atomic E-state index is 13.5. The lowest BCUT2D eigenvalue weighted by Gasteiger charge is -2.24. The molecule has 0 N–H and O–H groups in total. The predicted molar refractivity (Wildman–Crippen MR) is 409 cm³/mol. The number of esters is 2. The minimum atomic E-state index is -0.0995. The van der Waals surface area contributed by atoms with Crippen LogP contribution in [0, 0.1) is 11.8 Å². The predicted octanol–water partition coefficient (Wildman–Crippen LogP) is 26.8. The fourth-order valence-corrected chi connectivity index (χ4v) is 12.0. The molecule has 0 aliphatic rings. The van der Waals surface area contributed by atoms with Crippen LogP contribution in [0.2, 0.25) is 0 Å². The van der Waals surface area contributed by atoms with E-state index in [2.05, 4.69) is 149 Å². The molecule has 0 unspecified atom stereocenters. The van der Waals surface area contributed by atoms with Crippen molar-refractivity contribution in [3.05, 3.63) is 97.2 Å². The summed E-state index contributed by atoms with van der Waals surface area (Å²) in [5.41, 5.74) is 0. The second-order valence-electron chi connectivity index (χ2n) is 27.7. The second-order valence-corrected chi connectivity index (χ2v) is 27.7. The van der Waals surface area contributed by atoms with E-state index in [0.29, 0.717) is 51.0 Å². The van der Waals surface area contributed by atoms with Gasteiger partial charge in [-0.05, 0) is 180 Å². The molecular weight excluding hydrogens is 1120 g/mol. The Balaban J connectivity index is 5.22. The van der Waals surface area contributed by atoms with Gasteiger partial charge >= 0.3 is 11.9 Å². The number of carbonyl (C=O) groups is 2. The van der Waals surface area contributed by atoms with Crippen LogP contribution in [-0.4, -0.2) is 75.2 Å². The number of allylic oxidation sites excluding steroid dienone is 16. The molecule has 92 heavy (non-hydrogen) atoms. The van der Waals surface area contributed by atoms with E-state index in [9.17, 15) is 9.59 Å². The fourth-order valence-electron chi connectivity index (χ4n) is 12.0. The van der Waals surface area contributed by atoms with Crippen molar-refractivity contribution < 1.29 is 19.1 Å². The molecule has 0 amide bonds. The summed E-state index contributed by atoms with van der Waals surface area (Å²) >= 11 is 0. The zero-order chi connectivity index (χ0) is 66.6. The smallest absolute Gasteiger partial charge is 0.307 e. The Labute approximate surface area is 574 Å². The molecule has 0 radical (unpaired) electrons. The molecule has 0 spiro atoms. The van der Waals surface area contributed by atoms with E-state index in [1.54, 1.807) is 0 Å². The van der Waals surface area contributed by atoms with Crippen molar-refractivity contribution in [2.45, 2.75) is 374 Å². The lowest BCUT2D eigenvalue weighted by atomic mass is 9.94. The van der Waals surface area contributed by atoms with Gasteiger partial charge < -0.3 is 19.3 Å². The lowest BCUT2D eigenvalue weighted by Crippen LogP contribution is -2.35. The van der Waals surface area contributed by atoms with Crippen molar-refractivity contribution in [2.24, 2.45) is 11.8 Å². The van der Waals surface area contributed by atoms with Crippen molar-refractivity contribution in [1.29, 1.82) is 0 Å². The summed E-state index contributed by atoms with van der Waals surface area (Å²) in [6.07, 6.45) is 103. The molecule has 0 saturated carbocycles. The molecule has 0 heterocycles. The van der Waals surface area contributed by atoms with Crippen LogP contribution in [-0.2, 0) is 19.1 Å². The average Bonchev–Trinajstić information content (AvgIpc) is 3.72. The van der Waals surface area contributed by atoms with Gasteiger partial charge in [0.15, 0.2) is 0 Å². The van der Waals surface area contributed by atoms with Crippen LogP contribution in [0.4, 0.5) is 0 Å². The van der Waals surface area contributed by atoms with Gasteiger partial charge in [-0.2, -0.15) is 0 Å². The molecular formula is C86H156N2O4. The Morgan fingerprint density at radius 1 is 0.272 bits per heavy atom. The lowest BCUT2D eigenvalue weighted by molar-refractivity contribution is -0.145. The van der Waals surface area contributed by atoms with Crippen LogP contribution in [0.3, 0.4) is 0 Å². The summed E-state index contributed by atoms with van der Waals surface area (Å²) in [6, 6.07) is 0. The number of carbonyl (C=O) groups excluding carboxylic acids is 2. The van der Waals surface area contributed by atoms with Gasteiger partial charge in [0, 0.05) is 26.2 Å². The highest BCUT2D eigenvalue weighted by Crippen LogP contribution is 2.23. The monoisotopic (exact) mass is 1280 g/mol. The molecule has 6 nitrogen and oxygen atoms in total. The number of hydrogen-bond acceptors (Lipinski definition) is 6. The summed E-state index contributed by atoms with van der Waals surface area (Å²) in [5, 5.41) is 0. The van der Waals surface area contributed by atoms with E-state index in [1.165, 1.54) is 283 Å². The Hall–Kier alpha value is -3.22. The molecule has 0 aliphatic carbocycles. The molecule has 0 aromatic carbocycles. The largest absolute Gasteiger partial charge is 0.465 e. The van der Waals surface area contributed by atoms with E-state index in [4.69, 9.17) is 9.47 Å². The molecule has 0 aromatic rings. The molecule has 0 saturated heterocycles. The minimum Gasteiger partial charge on any atom is -0.465 e. The van der Waals surface area contributed by atoms with Gasteiger partial charge in [-0.1, -0.05) is 305 Å². The van der Waals surface area contributed by atoms with Gasteiger partial charge in [0.2, 0.25) is 0 Å². The molecule has 0 fully saturated rings. The Morgan fingerprint density at radius 3 is 0.717 bits per heavy atom. The molecule has 0 bridgehead atoms. The fraction of sp³-hybridized carbons (Fsp3) is 0.791. The van der Waals surface area contributed by atoms with Crippen molar-refractivity contribution in [1.82, 2.24) is 9.80 Å². The summed E-state index contributed by atoms with van der Waals surface area (Å²) in [6.45, 7) is 13.0. The summed E-state index contributed by atoms with van der Waals surface area (Å²) in [7, 11) is 4.19. The first kappa shape index (κ1) is 88.8. The van der Waals surface area contributed by atoms with Crippen LogP contribution in [0.5, 0.6) is 0 Å². The zero-order valence-electron chi connectivity index (χ0n) is 62.3. The molecule has 0 aromatic heterocycles. The van der Waals surface area contributed by atoms with E-state index < -0.39 is 0 Å². The van der Waals surface area contributed by atoms with Crippen LogP contribution in [0.25, 0.3) is 0 Å². The average molecular weight is 1280 g/mol. The van der Waals surface area contributed by atoms with Crippen molar-refractivity contribution in [2.75, 3.05) is 53.5 Å². The van der Waals surface area contributed by atoms with E-state index >= 15 is 0 Å². The SMILES string of the molecule is CCCCC/C=C\C/C=C\CCCCCCCCC(CCCCCCCC/C=C\C/C=C\CCCCC)COC(=O)CCN(CCC(=O)OCC(CCCCCCCC/C=C\C/C=C\CCCCC)CCCCCCCC/C=C\C/C=C\CCCCC)CCN(C)C. The third kappa shape index (κ3) is 72.6. The summed E-state index contributed by atoms with van der Waals surface area (Å²) < 4.78 is 12.2. The van der Waals surface area contributed by atoms with Gasteiger partial charge in [-0.15, -0.1) is 0 Å².